The Hall–Kier alpha value is -16.6. The highest BCUT2D eigenvalue weighted by molar-refractivity contribution is 9.10. The van der Waals surface area contributed by atoms with E-state index in [1.807, 2.05) is 237 Å². The van der Waals surface area contributed by atoms with Crippen molar-refractivity contribution in [1.29, 1.82) is 0 Å². The van der Waals surface area contributed by atoms with Crippen molar-refractivity contribution >= 4 is 119 Å². The standard InChI is InChI=1S/C21H18BrN5O.C19H13F3N4.C18H13FN4.C18H13N5O2.C18H14N4/c1-13-20-26-19(15-6-8-17(9-7-15)24-14(2)28)21(27(20)11-10-23-13)25-18-5-3-4-16(22)12-18;20-19(21,22)14-7-4-8-15(11-14)24-18-17(13-5-2-1-3-6-13)25-16-12-23-9-10-26(16)18;19-14-7-4-8-15(11-14)21-18-17(13-5-2-1-3-6-13)22-16-12-20-9-10-23(16)18;24-23(25)15-8-4-7-14(11-15)20-18-17(13-5-2-1-3-6-13)21-16-12-19-9-10-22(16)18;1-3-7-14(8-4-1)17-18(20-15-9-5-2-6-10-15)22-12-11-19-13-16(22)21-17/h3-12,25H,1-2H3,(H,24,28);1-12,24H;1-12,21H;1-12,20H;1-13,20H. The van der Waals surface area contributed by atoms with Gasteiger partial charge in [-0.3, -0.25) is 61.8 Å². The van der Waals surface area contributed by atoms with Crippen molar-refractivity contribution in [3.63, 3.8) is 0 Å². The van der Waals surface area contributed by atoms with Gasteiger partial charge < -0.3 is 31.9 Å². The first-order valence-corrected chi connectivity index (χ1v) is 39.3. The molecule has 610 valence electrons. The average Bonchev–Trinajstić information content (AvgIpc) is 1.64. The number of anilines is 11. The van der Waals surface area contributed by atoms with Crippen LogP contribution in [0.2, 0.25) is 0 Å². The summed E-state index contributed by atoms with van der Waals surface area (Å²) in [7, 11) is 0. The van der Waals surface area contributed by atoms with Crippen molar-refractivity contribution in [2.45, 2.75) is 20.0 Å². The van der Waals surface area contributed by atoms with E-state index in [1.165, 1.54) is 37.3 Å². The molecule has 0 spiro atoms. The molecule has 0 radical (unpaired) electrons. The molecule has 6 N–H and O–H groups in total. The smallest absolute Gasteiger partial charge is 0.339 e. The van der Waals surface area contributed by atoms with Crippen LogP contribution in [0.3, 0.4) is 0 Å². The van der Waals surface area contributed by atoms with Crippen LogP contribution in [0.1, 0.15) is 18.2 Å². The van der Waals surface area contributed by atoms with Crippen molar-refractivity contribution in [3.05, 3.63) is 391 Å². The van der Waals surface area contributed by atoms with Crippen LogP contribution in [0.25, 0.3) is 84.5 Å². The number of nitro benzene ring substituents is 1. The van der Waals surface area contributed by atoms with E-state index in [4.69, 9.17) is 9.97 Å². The normalized spacial score (nSPS) is 11.0. The van der Waals surface area contributed by atoms with Crippen molar-refractivity contribution in [1.82, 2.24) is 71.8 Å². The summed E-state index contributed by atoms with van der Waals surface area (Å²) >= 11 is 3.51. The Morgan fingerprint density at radius 3 is 1.14 bits per heavy atom. The number of non-ortho nitro benzene ring substituents is 1. The molecule has 1 amide bonds. The number of nitrogens with one attached hydrogen (secondary N) is 6. The monoisotopic (exact) mass is 1710 g/mol. The Kier molecular flexibility index (Phi) is 24.3. The first-order valence-electron chi connectivity index (χ1n) is 38.5. The van der Waals surface area contributed by atoms with Gasteiger partial charge in [0.05, 0.1) is 41.0 Å². The second-order valence-electron chi connectivity index (χ2n) is 27.6. The van der Waals surface area contributed by atoms with Gasteiger partial charge in [-0.1, -0.05) is 192 Å². The molecule has 0 bridgehead atoms. The molecule has 0 aliphatic carbocycles. The van der Waals surface area contributed by atoms with Crippen LogP contribution in [-0.2, 0) is 11.0 Å². The molecular weight excluding hydrogens is 1640 g/mol. The molecule has 20 aromatic rings. The molecule has 0 atom stereocenters. The Labute approximate surface area is 713 Å². The maximum atomic E-state index is 13.5. The molecule has 0 saturated heterocycles. The third kappa shape index (κ3) is 19.1. The second kappa shape index (κ2) is 37.1. The van der Waals surface area contributed by atoms with Crippen LogP contribution < -0.4 is 31.9 Å². The molecule has 10 aromatic carbocycles. The maximum absolute atomic E-state index is 13.5. The molecular formula is C94H71BrF4N22O3. The number of amides is 1. The quantitative estimate of drug-likeness (QED) is 0.0281. The summed E-state index contributed by atoms with van der Waals surface area (Å²) in [4.78, 5) is 66.0. The summed E-state index contributed by atoms with van der Waals surface area (Å²) in [5, 5.41) is 30.3. The van der Waals surface area contributed by atoms with E-state index >= 15 is 0 Å². The van der Waals surface area contributed by atoms with E-state index in [2.05, 4.69) is 99.8 Å². The van der Waals surface area contributed by atoms with Gasteiger partial charge in [-0.25, -0.2) is 29.3 Å². The van der Waals surface area contributed by atoms with Gasteiger partial charge in [0.1, 0.15) is 63.4 Å². The number of rotatable bonds is 17. The van der Waals surface area contributed by atoms with Crippen molar-refractivity contribution in [3.8, 4) is 56.3 Å². The van der Waals surface area contributed by atoms with Gasteiger partial charge in [-0.2, -0.15) is 13.2 Å². The number of nitro groups is 1. The highest BCUT2D eigenvalue weighted by atomic mass is 79.9. The molecule has 10 aromatic heterocycles. The number of fused-ring (bicyclic) bond motifs is 5. The first-order chi connectivity index (χ1) is 60.5. The van der Waals surface area contributed by atoms with E-state index in [9.17, 15) is 32.5 Å². The fraction of sp³-hybridized carbons (Fsp3) is 0.0319. The number of nitrogens with zero attached hydrogens (tertiary/aromatic N) is 16. The number of alkyl halides is 3. The fourth-order valence-electron chi connectivity index (χ4n) is 13.4. The Morgan fingerprint density at radius 2 is 0.726 bits per heavy atom. The zero-order valence-electron chi connectivity index (χ0n) is 65.8. The molecule has 0 aliphatic heterocycles. The highest BCUT2D eigenvalue weighted by Gasteiger charge is 2.31. The zero-order chi connectivity index (χ0) is 85.5. The number of para-hydroxylation sites is 1. The number of imidazole rings is 5. The summed E-state index contributed by atoms with van der Waals surface area (Å²) < 4.78 is 63.0. The van der Waals surface area contributed by atoms with Crippen LogP contribution in [-0.4, -0.2) is 82.7 Å². The van der Waals surface area contributed by atoms with E-state index in [-0.39, 0.29) is 17.4 Å². The predicted octanol–water partition coefficient (Wildman–Crippen LogP) is 22.8. The maximum Gasteiger partial charge on any atom is 0.416 e. The van der Waals surface area contributed by atoms with E-state index in [0.717, 1.165) is 130 Å². The first kappa shape index (κ1) is 81.1. The number of halogens is 5. The van der Waals surface area contributed by atoms with Gasteiger partial charge in [0.2, 0.25) is 5.91 Å². The largest absolute Gasteiger partial charge is 0.416 e. The minimum absolute atomic E-state index is 0.0294. The predicted molar refractivity (Wildman–Crippen MR) is 479 cm³/mol. The van der Waals surface area contributed by atoms with Gasteiger partial charge >= 0.3 is 6.18 Å². The Balaban J connectivity index is 0.000000115. The SMILES string of the molecule is CC(=O)Nc1ccc(-c2nc3c(C)nccn3c2Nc2cccc(Br)c2)cc1.FC(F)(F)c1cccc(Nc2c(-c3ccccc3)nc3cnccn23)c1.Fc1cccc(Nc2c(-c3ccccc3)nc3cnccn23)c1.O=[N+]([O-])c1cccc(Nc2c(-c3ccccc3)nc3cnccn23)c1.c1ccc(Nc2c(-c3ccccc3)nc3cnccn23)cc1. The summed E-state index contributed by atoms with van der Waals surface area (Å²) in [6, 6.07) is 82.7. The zero-order valence-corrected chi connectivity index (χ0v) is 67.4. The van der Waals surface area contributed by atoms with Crippen LogP contribution >= 0.6 is 15.9 Å². The molecule has 10 heterocycles. The lowest BCUT2D eigenvalue weighted by atomic mass is 10.1. The van der Waals surface area contributed by atoms with Gasteiger partial charge in [-0.15, -0.1) is 0 Å². The minimum Gasteiger partial charge on any atom is -0.339 e. The lowest BCUT2D eigenvalue weighted by Gasteiger charge is -2.12. The third-order valence-corrected chi connectivity index (χ3v) is 19.6. The molecule has 30 heteroatoms. The van der Waals surface area contributed by atoms with Crippen molar-refractivity contribution in [2.75, 3.05) is 31.9 Å². The van der Waals surface area contributed by atoms with E-state index in [1.54, 1.807) is 96.8 Å². The number of carbonyl (C=O) groups is 1. The Morgan fingerprint density at radius 1 is 0.379 bits per heavy atom. The lowest BCUT2D eigenvalue weighted by Crippen LogP contribution is -2.05. The number of hydrogen-bond acceptors (Lipinski definition) is 18. The minimum atomic E-state index is -4.40. The van der Waals surface area contributed by atoms with Crippen LogP contribution in [0.4, 0.5) is 86.5 Å². The van der Waals surface area contributed by atoms with Crippen molar-refractivity contribution in [2.24, 2.45) is 0 Å². The van der Waals surface area contributed by atoms with Gasteiger partial charge in [0.15, 0.2) is 28.2 Å². The number of benzene rings is 10. The summed E-state index contributed by atoms with van der Waals surface area (Å²) in [6.07, 6.45) is 20.0. The number of aryl methyl sites for hydroxylation is 1. The number of carbonyl (C=O) groups excluding carboxylic acids is 1. The molecule has 25 nitrogen and oxygen atoms in total. The molecule has 0 saturated carbocycles. The Bertz CT molecular complexity index is 7120. The number of hydrogen-bond donors (Lipinski definition) is 6. The third-order valence-electron chi connectivity index (χ3n) is 19.1. The molecule has 0 aliphatic rings. The highest BCUT2D eigenvalue weighted by Crippen LogP contribution is 2.39. The number of aromatic nitrogens is 15. The van der Waals surface area contributed by atoms with Crippen LogP contribution in [0.5, 0.6) is 0 Å². The fourth-order valence-corrected chi connectivity index (χ4v) is 13.8. The topological polar surface area (TPSA) is 283 Å². The van der Waals surface area contributed by atoms with Crippen LogP contribution in [0, 0.1) is 22.9 Å². The van der Waals surface area contributed by atoms with Gasteiger partial charge in [0, 0.05) is 147 Å². The molecule has 0 unspecified atom stereocenters. The van der Waals surface area contributed by atoms with Crippen LogP contribution in [0.15, 0.2) is 364 Å². The molecule has 124 heavy (non-hydrogen) atoms. The van der Waals surface area contributed by atoms with Crippen molar-refractivity contribution < 1.29 is 27.3 Å². The summed E-state index contributed by atoms with van der Waals surface area (Å²) in [5.41, 5.74) is 16.8. The summed E-state index contributed by atoms with van der Waals surface area (Å²) in [5.74, 6) is 3.49. The van der Waals surface area contributed by atoms with Gasteiger partial charge in [-0.05, 0) is 91.9 Å². The van der Waals surface area contributed by atoms with E-state index in [0.29, 0.717) is 39.9 Å². The lowest BCUT2D eigenvalue weighted by molar-refractivity contribution is -0.384. The molecule has 0 fully saturated rings. The summed E-state index contributed by atoms with van der Waals surface area (Å²) in [6.45, 7) is 3.43. The molecule has 20 rings (SSSR count). The van der Waals surface area contributed by atoms with E-state index < -0.39 is 16.7 Å². The second-order valence-corrected chi connectivity index (χ2v) is 28.5. The average molecular weight is 1710 g/mol. The van der Waals surface area contributed by atoms with Gasteiger partial charge in [0.25, 0.3) is 5.69 Å².